The SMILES string of the molecule is COC(=O)Cc1cn2cc(N3CCNCC3)ccc2n1. The van der Waals surface area contributed by atoms with Crippen LogP contribution in [0.2, 0.25) is 0 Å². The van der Waals surface area contributed by atoms with Crippen LogP contribution in [0, 0.1) is 0 Å². The van der Waals surface area contributed by atoms with E-state index in [9.17, 15) is 4.79 Å². The molecule has 1 aliphatic rings. The Labute approximate surface area is 117 Å². The van der Waals surface area contributed by atoms with Crippen molar-refractivity contribution < 1.29 is 9.53 Å². The summed E-state index contributed by atoms with van der Waals surface area (Å²) in [7, 11) is 1.39. The van der Waals surface area contributed by atoms with E-state index in [2.05, 4.69) is 32.2 Å². The first-order valence-electron chi connectivity index (χ1n) is 6.76. The smallest absolute Gasteiger partial charge is 0.311 e. The number of esters is 1. The van der Waals surface area contributed by atoms with Crippen molar-refractivity contribution in [3.05, 3.63) is 30.2 Å². The molecule has 0 aliphatic carbocycles. The highest BCUT2D eigenvalue weighted by Gasteiger charge is 2.12. The summed E-state index contributed by atoms with van der Waals surface area (Å²) in [5.41, 5.74) is 2.76. The van der Waals surface area contributed by atoms with Crippen molar-refractivity contribution >= 4 is 17.3 Å². The molecule has 3 rings (SSSR count). The van der Waals surface area contributed by atoms with Crippen molar-refractivity contribution in [2.45, 2.75) is 6.42 Å². The van der Waals surface area contributed by atoms with E-state index in [4.69, 9.17) is 0 Å². The van der Waals surface area contributed by atoms with Crippen molar-refractivity contribution in [2.24, 2.45) is 0 Å². The second-order valence-electron chi connectivity index (χ2n) is 4.87. The Morgan fingerprint density at radius 1 is 1.35 bits per heavy atom. The summed E-state index contributed by atoms with van der Waals surface area (Å²) < 4.78 is 6.63. The summed E-state index contributed by atoms with van der Waals surface area (Å²) in [6.07, 6.45) is 4.16. The maximum Gasteiger partial charge on any atom is 0.311 e. The van der Waals surface area contributed by atoms with Gasteiger partial charge in [-0.15, -0.1) is 0 Å². The topological polar surface area (TPSA) is 58.9 Å². The minimum atomic E-state index is -0.268. The van der Waals surface area contributed by atoms with Crippen LogP contribution in [0.25, 0.3) is 5.65 Å². The van der Waals surface area contributed by atoms with Crippen LogP contribution in [0.5, 0.6) is 0 Å². The van der Waals surface area contributed by atoms with Gasteiger partial charge in [-0.2, -0.15) is 0 Å². The Balaban J connectivity index is 1.84. The molecule has 1 fully saturated rings. The Morgan fingerprint density at radius 2 is 2.15 bits per heavy atom. The van der Waals surface area contributed by atoms with Crippen molar-refractivity contribution in [1.29, 1.82) is 0 Å². The average molecular weight is 274 g/mol. The quantitative estimate of drug-likeness (QED) is 0.824. The molecule has 3 heterocycles. The zero-order valence-electron chi connectivity index (χ0n) is 11.5. The lowest BCUT2D eigenvalue weighted by Crippen LogP contribution is -2.43. The summed E-state index contributed by atoms with van der Waals surface area (Å²) in [5.74, 6) is -0.268. The van der Waals surface area contributed by atoms with Crippen LogP contribution in [0.15, 0.2) is 24.5 Å². The van der Waals surface area contributed by atoms with Gasteiger partial charge in [0.05, 0.1) is 24.9 Å². The fraction of sp³-hybridized carbons (Fsp3) is 0.429. The number of nitrogens with zero attached hydrogens (tertiary/aromatic N) is 3. The number of fused-ring (bicyclic) bond motifs is 1. The third kappa shape index (κ3) is 2.60. The molecule has 0 unspecified atom stereocenters. The lowest BCUT2D eigenvalue weighted by atomic mass is 10.3. The molecule has 0 atom stereocenters. The first kappa shape index (κ1) is 12.9. The van der Waals surface area contributed by atoms with Crippen LogP contribution in [0.4, 0.5) is 5.69 Å². The van der Waals surface area contributed by atoms with Gasteiger partial charge in [-0.25, -0.2) is 4.98 Å². The van der Waals surface area contributed by atoms with Crippen molar-refractivity contribution in [3.63, 3.8) is 0 Å². The molecule has 0 bridgehead atoms. The Kier molecular flexibility index (Phi) is 3.56. The van der Waals surface area contributed by atoms with Gasteiger partial charge in [-0.3, -0.25) is 4.79 Å². The van der Waals surface area contributed by atoms with Crippen molar-refractivity contribution in [1.82, 2.24) is 14.7 Å². The number of carbonyl (C=O) groups is 1. The molecule has 0 saturated carbocycles. The van der Waals surface area contributed by atoms with Gasteiger partial charge in [0.25, 0.3) is 0 Å². The minimum Gasteiger partial charge on any atom is -0.469 e. The number of piperazine rings is 1. The molecule has 6 heteroatoms. The molecule has 2 aromatic rings. The van der Waals surface area contributed by atoms with Crippen LogP contribution in [0.3, 0.4) is 0 Å². The fourth-order valence-corrected chi connectivity index (χ4v) is 2.45. The first-order valence-corrected chi connectivity index (χ1v) is 6.76. The summed E-state index contributed by atoms with van der Waals surface area (Å²) in [6.45, 7) is 4.04. The summed E-state index contributed by atoms with van der Waals surface area (Å²) >= 11 is 0. The summed E-state index contributed by atoms with van der Waals surface area (Å²) in [5, 5.41) is 3.34. The van der Waals surface area contributed by atoms with Crippen LogP contribution >= 0.6 is 0 Å². The second kappa shape index (κ2) is 5.50. The van der Waals surface area contributed by atoms with Crippen LogP contribution in [-0.2, 0) is 16.0 Å². The number of hydrogen-bond acceptors (Lipinski definition) is 5. The number of hydrogen-bond donors (Lipinski definition) is 1. The van der Waals surface area contributed by atoms with Crippen molar-refractivity contribution in [2.75, 3.05) is 38.2 Å². The highest BCUT2D eigenvalue weighted by Crippen LogP contribution is 2.17. The van der Waals surface area contributed by atoms with Gasteiger partial charge in [0.15, 0.2) is 0 Å². The molecule has 0 spiro atoms. The molecule has 1 N–H and O–H groups in total. The highest BCUT2D eigenvalue weighted by molar-refractivity contribution is 5.72. The highest BCUT2D eigenvalue weighted by atomic mass is 16.5. The zero-order valence-corrected chi connectivity index (χ0v) is 11.5. The number of imidazole rings is 1. The van der Waals surface area contributed by atoms with E-state index in [0.29, 0.717) is 0 Å². The van der Waals surface area contributed by atoms with E-state index in [-0.39, 0.29) is 12.4 Å². The number of carbonyl (C=O) groups excluding carboxylic acids is 1. The molecule has 106 valence electrons. The normalized spacial score (nSPS) is 15.6. The van der Waals surface area contributed by atoms with Crippen LogP contribution in [0.1, 0.15) is 5.69 Å². The standard InChI is InChI=1S/C14H18N4O2/c1-20-14(19)8-11-9-18-10-12(2-3-13(18)16-11)17-6-4-15-5-7-17/h2-3,9-10,15H,4-8H2,1H3. The van der Waals surface area contributed by atoms with Gasteiger partial charge in [-0.05, 0) is 12.1 Å². The van der Waals surface area contributed by atoms with E-state index < -0.39 is 0 Å². The number of pyridine rings is 1. The predicted octanol–water partition coefficient (Wildman–Crippen LogP) is 0.459. The van der Waals surface area contributed by atoms with E-state index >= 15 is 0 Å². The lowest BCUT2D eigenvalue weighted by Gasteiger charge is -2.29. The molecule has 1 aliphatic heterocycles. The van der Waals surface area contributed by atoms with Gasteiger partial charge < -0.3 is 19.4 Å². The third-order valence-corrected chi connectivity index (χ3v) is 3.52. The first-order chi connectivity index (χ1) is 9.76. The van der Waals surface area contributed by atoms with Gasteiger partial charge in [0.2, 0.25) is 0 Å². The number of aromatic nitrogens is 2. The van der Waals surface area contributed by atoms with Crippen LogP contribution < -0.4 is 10.2 Å². The summed E-state index contributed by atoms with van der Waals surface area (Å²) in [4.78, 5) is 18.0. The second-order valence-corrected chi connectivity index (χ2v) is 4.87. The molecular formula is C14H18N4O2. The minimum absolute atomic E-state index is 0.209. The van der Waals surface area contributed by atoms with Gasteiger partial charge in [0, 0.05) is 38.6 Å². The number of ether oxygens (including phenoxy) is 1. The van der Waals surface area contributed by atoms with E-state index in [1.807, 2.05) is 16.7 Å². The van der Waals surface area contributed by atoms with Crippen molar-refractivity contribution in [3.8, 4) is 0 Å². The predicted molar refractivity (Wildman–Crippen MR) is 76.0 cm³/mol. The van der Waals surface area contributed by atoms with Crippen LogP contribution in [-0.4, -0.2) is 48.6 Å². The maximum atomic E-state index is 11.3. The summed E-state index contributed by atoms with van der Waals surface area (Å²) in [6, 6.07) is 4.06. The molecule has 0 radical (unpaired) electrons. The molecule has 6 nitrogen and oxygen atoms in total. The molecular weight excluding hydrogens is 256 g/mol. The lowest BCUT2D eigenvalue weighted by molar-refractivity contribution is -0.139. The fourth-order valence-electron chi connectivity index (χ4n) is 2.45. The Bertz CT molecular complexity index is 617. The zero-order chi connectivity index (χ0) is 13.9. The van der Waals surface area contributed by atoms with Gasteiger partial charge in [0.1, 0.15) is 5.65 Å². The number of nitrogens with one attached hydrogen (secondary N) is 1. The number of methoxy groups -OCH3 is 1. The third-order valence-electron chi connectivity index (χ3n) is 3.52. The van der Waals surface area contributed by atoms with Gasteiger partial charge >= 0.3 is 5.97 Å². The number of anilines is 1. The van der Waals surface area contributed by atoms with E-state index in [1.165, 1.54) is 12.8 Å². The van der Waals surface area contributed by atoms with E-state index in [0.717, 1.165) is 37.5 Å². The monoisotopic (exact) mass is 274 g/mol. The Morgan fingerprint density at radius 3 is 2.90 bits per heavy atom. The number of rotatable bonds is 3. The molecule has 2 aromatic heterocycles. The molecule has 1 saturated heterocycles. The molecule has 20 heavy (non-hydrogen) atoms. The molecule has 0 amide bonds. The largest absolute Gasteiger partial charge is 0.469 e. The maximum absolute atomic E-state index is 11.3. The van der Waals surface area contributed by atoms with Gasteiger partial charge in [-0.1, -0.05) is 0 Å². The average Bonchev–Trinajstić information content (AvgIpc) is 2.89. The Hall–Kier alpha value is -2.08. The molecule has 0 aromatic carbocycles. The van der Waals surface area contributed by atoms with E-state index in [1.54, 1.807) is 0 Å².